The van der Waals surface area contributed by atoms with E-state index in [9.17, 15) is 10.2 Å². The van der Waals surface area contributed by atoms with E-state index in [0.29, 0.717) is 0 Å². The Kier molecular flexibility index (Phi) is 9.57. The second-order valence-corrected chi connectivity index (χ2v) is 6.86. The molecule has 4 nitrogen and oxygen atoms in total. The van der Waals surface area contributed by atoms with Gasteiger partial charge in [0, 0.05) is 14.2 Å². The van der Waals surface area contributed by atoms with E-state index in [2.05, 4.69) is 13.8 Å². The molecule has 0 amide bonds. The summed E-state index contributed by atoms with van der Waals surface area (Å²) in [6.45, 7) is 4.39. The number of rotatable bonds is 4. The molecule has 6 unspecified atom stereocenters. The van der Waals surface area contributed by atoms with Gasteiger partial charge in [0.2, 0.25) is 0 Å². The van der Waals surface area contributed by atoms with Crippen molar-refractivity contribution in [3.8, 4) is 0 Å². The highest BCUT2D eigenvalue weighted by Crippen LogP contribution is 2.29. The first-order valence-electron chi connectivity index (χ1n) is 8.97. The van der Waals surface area contributed by atoms with Gasteiger partial charge < -0.3 is 19.7 Å². The van der Waals surface area contributed by atoms with Crippen molar-refractivity contribution in [1.82, 2.24) is 0 Å². The minimum absolute atomic E-state index is 0.0914. The Balaban J connectivity index is 0.000000220. The number of aliphatic hydroxyl groups excluding tert-OH is 2. The first-order chi connectivity index (χ1) is 10.5. The van der Waals surface area contributed by atoms with Crippen LogP contribution in [-0.4, -0.2) is 48.8 Å². The van der Waals surface area contributed by atoms with Crippen molar-refractivity contribution in [2.75, 3.05) is 14.2 Å². The Morgan fingerprint density at radius 3 is 1.77 bits per heavy atom. The molecule has 2 fully saturated rings. The monoisotopic (exact) mass is 316 g/mol. The fourth-order valence-electron chi connectivity index (χ4n) is 3.67. The lowest BCUT2D eigenvalue weighted by Gasteiger charge is -2.31. The molecule has 0 heterocycles. The molecule has 0 aromatic carbocycles. The van der Waals surface area contributed by atoms with Gasteiger partial charge in [0.1, 0.15) is 0 Å². The number of methoxy groups -OCH3 is 2. The van der Waals surface area contributed by atoms with E-state index in [1.165, 1.54) is 19.3 Å². The van der Waals surface area contributed by atoms with Gasteiger partial charge >= 0.3 is 0 Å². The first kappa shape index (κ1) is 19.9. The van der Waals surface area contributed by atoms with Crippen molar-refractivity contribution in [1.29, 1.82) is 0 Å². The maximum atomic E-state index is 9.55. The Labute approximate surface area is 136 Å². The Morgan fingerprint density at radius 1 is 0.727 bits per heavy atom. The average molecular weight is 316 g/mol. The molecule has 0 aliphatic heterocycles. The molecule has 0 radical (unpaired) electrons. The SMILES string of the molecule is CCC1CCC(O)C(OC)C1.CCC1CCC(OC)C(O)C1. The predicted molar refractivity (Wildman–Crippen MR) is 88.9 cm³/mol. The van der Waals surface area contributed by atoms with Crippen LogP contribution in [0.4, 0.5) is 0 Å². The van der Waals surface area contributed by atoms with Gasteiger partial charge in [-0.15, -0.1) is 0 Å². The Bertz CT molecular complexity index is 284. The number of hydrogen-bond acceptors (Lipinski definition) is 4. The van der Waals surface area contributed by atoms with E-state index in [4.69, 9.17) is 9.47 Å². The maximum Gasteiger partial charge on any atom is 0.0832 e. The largest absolute Gasteiger partial charge is 0.390 e. The van der Waals surface area contributed by atoms with Gasteiger partial charge in [0.15, 0.2) is 0 Å². The minimum atomic E-state index is -0.223. The summed E-state index contributed by atoms with van der Waals surface area (Å²) < 4.78 is 10.3. The van der Waals surface area contributed by atoms with Gasteiger partial charge in [-0.1, -0.05) is 26.7 Å². The molecule has 2 saturated carbocycles. The first-order valence-corrected chi connectivity index (χ1v) is 8.97. The van der Waals surface area contributed by atoms with Crippen LogP contribution in [0, 0.1) is 11.8 Å². The summed E-state index contributed by atoms with van der Waals surface area (Å²) in [7, 11) is 3.37. The predicted octanol–water partition coefficient (Wildman–Crippen LogP) is 3.14. The lowest BCUT2D eigenvalue weighted by molar-refractivity contribution is -0.0507. The molecule has 6 atom stereocenters. The van der Waals surface area contributed by atoms with Crippen molar-refractivity contribution < 1.29 is 19.7 Å². The zero-order valence-corrected chi connectivity index (χ0v) is 14.8. The van der Waals surface area contributed by atoms with Crippen LogP contribution in [0.25, 0.3) is 0 Å². The van der Waals surface area contributed by atoms with Gasteiger partial charge in [-0.05, 0) is 50.4 Å². The van der Waals surface area contributed by atoms with Crippen LogP contribution in [0.3, 0.4) is 0 Å². The molecule has 2 aliphatic rings. The number of aliphatic hydroxyl groups is 2. The summed E-state index contributed by atoms with van der Waals surface area (Å²) in [4.78, 5) is 0. The summed E-state index contributed by atoms with van der Waals surface area (Å²) in [5.41, 5.74) is 0. The van der Waals surface area contributed by atoms with Crippen LogP contribution in [0.1, 0.15) is 65.2 Å². The van der Waals surface area contributed by atoms with Crippen LogP contribution in [-0.2, 0) is 9.47 Å². The highest BCUT2D eigenvalue weighted by molar-refractivity contribution is 4.80. The quantitative estimate of drug-likeness (QED) is 0.836. The van der Waals surface area contributed by atoms with Gasteiger partial charge in [-0.3, -0.25) is 0 Å². The summed E-state index contributed by atoms with van der Waals surface area (Å²) in [5, 5.41) is 19.0. The van der Waals surface area contributed by atoms with Crippen molar-refractivity contribution in [3.63, 3.8) is 0 Å². The molecule has 2 aliphatic carbocycles. The normalized spacial score (nSPS) is 39.0. The fourth-order valence-corrected chi connectivity index (χ4v) is 3.67. The number of hydrogen-bond donors (Lipinski definition) is 2. The molecule has 0 bridgehead atoms. The molecule has 132 valence electrons. The molecule has 2 rings (SSSR count). The van der Waals surface area contributed by atoms with Crippen LogP contribution >= 0.6 is 0 Å². The zero-order chi connectivity index (χ0) is 16.5. The van der Waals surface area contributed by atoms with E-state index >= 15 is 0 Å². The van der Waals surface area contributed by atoms with E-state index in [1.807, 2.05) is 0 Å². The molecule has 0 spiro atoms. The van der Waals surface area contributed by atoms with Crippen molar-refractivity contribution in [3.05, 3.63) is 0 Å². The zero-order valence-electron chi connectivity index (χ0n) is 14.8. The molecule has 2 N–H and O–H groups in total. The molecule has 0 aromatic rings. The van der Waals surface area contributed by atoms with Gasteiger partial charge in [-0.25, -0.2) is 0 Å². The molecular weight excluding hydrogens is 280 g/mol. The highest BCUT2D eigenvalue weighted by atomic mass is 16.5. The van der Waals surface area contributed by atoms with Gasteiger partial charge in [0.25, 0.3) is 0 Å². The Hall–Kier alpha value is -0.160. The third-order valence-corrected chi connectivity index (χ3v) is 5.49. The van der Waals surface area contributed by atoms with Gasteiger partial charge in [0.05, 0.1) is 24.4 Å². The summed E-state index contributed by atoms with van der Waals surface area (Å²) in [6, 6.07) is 0. The minimum Gasteiger partial charge on any atom is -0.390 e. The van der Waals surface area contributed by atoms with E-state index in [0.717, 1.165) is 43.9 Å². The molecule has 22 heavy (non-hydrogen) atoms. The maximum absolute atomic E-state index is 9.55. The van der Waals surface area contributed by atoms with Crippen molar-refractivity contribution >= 4 is 0 Å². The van der Waals surface area contributed by atoms with Crippen molar-refractivity contribution in [2.45, 2.75) is 89.6 Å². The third kappa shape index (κ3) is 6.15. The van der Waals surface area contributed by atoms with Crippen LogP contribution in [0.5, 0.6) is 0 Å². The summed E-state index contributed by atoms with van der Waals surface area (Å²) in [5.74, 6) is 1.49. The van der Waals surface area contributed by atoms with Crippen LogP contribution in [0.15, 0.2) is 0 Å². The fraction of sp³-hybridized carbons (Fsp3) is 1.00. The van der Waals surface area contributed by atoms with E-state index in [1.54, 1.807) is 14.2 Å². The topological polar surface area (TPSA) is 58.9 Å². The molecule has 4 heteroatoms. The highest BCUT2D eigenvalue weighted by Gasteiger charge is 2.28. The average Bonchev–Trinajstić information content (AvgIpc) is 2.55. The summed E-state index contributed by atoms with van der Waals surface area (Å²) in [6.07, 6.45) is 8.42. The smallest absolute Gasteiger partial charge is 0.0832 e. The standard InChI is InChI=1S/2C9H18O2/c1-3-7-4-5-9(11-2)8(10)6-7;1-3-7-4-5-8(10)9(6-7)11-2/h2*7-10H,3-6H2,1-2H3. The third-order valence-electron chi connectivity index (χ3n) is 5.49. The molecule has 0 saturated heterocycles. The second-order valence-electron chi connectivity index (χ2n) is 6.86. The van der Waals surface area contributed by atoms with E-state index < -0.39 is 0 Å². The Morgan fingerprint density at radius 2 is 1.27 bits per heavy atom. The second kappa shape index (κ2) is 10.6. The number of ether oxygens (including phenoxy) is 2. The van der Waals surface area contributed by atoms with Crippen LogP contribution in [0.2, 0.25) is 0 Å². The van der Waals surface area contributed by atoms with Gasteiger partial charge in [-0.2, -0.15) is 0 Å². The van der Waals surface area contributed by atoms with Crippen molar-refractivity contribution in [2.24, 2.45) is 11.8 Å². The lowest BCUT2D eigenvalue weighted by Crippen LogP contribution is -2.34. The lowest BCUT2D eigenvalue weighted by atomic mass is 9.84. The van der Waals surface area contributed by atoms with Crippen LogP contribution < -0.4 is 0 Å². The summed E-state index contributed by atoms with van der Waals surface area (Å²) >= 11 is 0. The molecule has 0 aromatic heterocycles. The van der Waals surface area contributed by atoms with E-state index in [-0.39, 0.29) is 24.4 Å². The molecular formula is C18H36O4.